The third kappa shape index (κ3) is 3.11. The summed E-state index contributed by atoms with van der Waals surface area (Å²) >= 11 is 6.61. The molecule has 3 nitrogen and oxygen atoms in total. The minimum absolute atomic E-state index is 0.0997. The molecule has 0 aliphatic carbocycles. The molecule has 0 spiro atoms. The Balaban J connectivity index is 2.14. The number of hydrogen-bond donors (Lipinski definition) is 0. The lowest BCUT2D eigenvalue weighted by Gasteiger charge is -2.12. The second-order valence-corrected chi connectivity index (χ2v) is 4.88. The summed E-state index contributed by atoms with van der Waals surface area (Å²) in [6.45, 7) is -0.0997. The average molecular weight is 295 g/mol. The van der Waals surface area contributed by atoms with Crippen molar-refractivity contribution in [3.63, 3.8) is 0 Å². The number of benzene rings is 1. The maximum Gasteiger partial charge on any atom is 0.419 e. The van der Waals surface area contributed by atoms with Crippen LogP contribution in [0.1, 0.15) is 10.6 Å². The van der Waals surface area contributed by atoms with E-state index in [-0.39, 0.29) is 16.8 Å². The van der Waals surface area contributed by atoms with Crippen LogP contribution in [0.15, 0.2) is 24.3 Å². The molecule has 0 N–H and O–H groups in total. The molecule has 18 heavy (non-hydrogen) atoms. The number of para-hydroxylation sites is 1. The normalized spacial score (nSPS) is 11.6. The van der Waals surface area contributed by atoms with Gasteiger partial charge in [0.1, 0.15) is 12.4 Å². The molecule has 1 heterocycles. The van der Waals surface area contributed by atoms with Crippen molar-refractivity contribution in [1.82, 2.24) is 10.2 Å². The van der Waals surface area contributed by atoms with E-state index in [2.05, 4.69) is 10.2 Å². The first-order chi connectivity index (χ1) is 8.47. The molecule has 1 aromatic carbocycles. The lowest BCUT2D eigenvalue weighted by atomic mass is 10.2. The molecule has 2 aromatic rings. The first kappa shape index (κ1) is 13.1. The number of nitrogens with zero attached hydrogens (tertiary/aromatic N) is 2. The van der Waals surface area contributed by atoms with Crippen molar-refractivity contribution in [3.05, 3.63) is 39.3 Å². The van der Waals surface area contributed by atoms with Crippen molar-refractivity contribution in [2.24, 2.45) is 0 Å². The van der Waals surface area contributed by atoms with Gasteiger partial charge in [0, 0.05) is 0 Å². The highest BCUT2D eigenvalue weighted by atomic mass is 35.5. The van der Waals surface area contributed by atoms with Crippen molar-refractivity contribution >= 4 is 22.9 Å². The lowest BCUT2D eigenvalue weighted by Crippen LogP contribution is -2.08. The second kappa shape index (κ2) is 5.11. The first-order valence-corrected chi connectivity index (χ1v) is 5.93. The quantitative estimate of drug-likeness (QED) is 0.864. The van der Waals surface area contributed by atoms with E-state index >= 15 is 0 Å². The van der Waals surface area contributed by atoms with E-state index in [1.54, 1.807) is 0 Å². The number of rotatable bonds is 3. The molecule has 0 saturated heterocycles. The lowest BCUT2D eigenvalue weighted by molar-refractivity contribution is -0.139. The third-order valence-corrected chi connectivity index (χ3v) is 2.98. The van der Waals surface area contributed by atoms with Crippen LogP contribution in [0.4, 0.5) is 13.2 Å². The van der Waals surface area contributed by atoms with Crippen molar-refractivity contribution < 1.29 is 17.9 Å². The van der Waals surface area contributed by atoms with Crippen LogP contribution in [-0.2, 0) is 12.8 Å². The fourth-order valence-electron chi connectivity index (χ4n) is 1.26. The molecule has 0 saturated carbocycles. The molecule has 8 heteroatoms. The van der Waals surface area contributed by atoms with E-state index in [4.69, 9.17) is 16.3 Å². The highest BCUT2D eigenvalue weighted by Gasteiger charge is 2.34. The van der Waals surface area contributed by atoms with Gasteiger partial charge in [-0.2, -0.15) is 13.2 Å². The summed E-state index contributed by atoms with van der Waals surface area (Å²) in [5.74, 6) is -0.240. The minimum atomic E-state index is -4.45. The number of aromatic nitrogens is 2. The van der Waals surface area contributed by atoms with E-state index in [0.717, 1.165) is 17.4 Å². The number of hydrogen-bond acceptors (Lipinski definition) is 4. The van der Waals surface area contributed by atoms with Gasteiger partial charge >= 0.3 is 6.18 Å². The summed E-state index contributed by atoms with van der Waals surface area (Å²) in [5.41, 5.74) is -0.819. The molecular formula is C10H6ClF3N2OS. The van der Waals surface area contributed by atoms with Gasteiger partial charge < -0.3 is 4.74 Å². The van der Waals surface area contributed by atoms with Gasteiger partial charge in [-0.15, -0.1) is 10.2 Å². The fraction of sp³-hybridized carbons (Fsp3) is 0.200. The van der Waals surface area contributed by atoms with E-state index in [1.165, 1.54) is 18.2 Å². The highest BCUT2D eigenvalue weighted by Crippen LogP contribution is 2.36. The van der Waals surface area contributed by atoms with Gasteiger partial charge in [0.25, 0.3) is 0 Å². The summed E-state index contributed by atoms with van der Waals surface area (Å²) < 4.78 is 43.3. The van der Waals surface area contributed by atoms with Crippen LogP contribution in [0.5, 0.6) is 5.75 Å². The number of alkyl halides is 3. The molecule has 1 aromatic heterocycles. The number of halogens is 4. The maximum absolute atomic E-state index is 12.7. The zero-order valence-electron chi connectivity index (χ0n) is 8.74. The van der Waals surface area contributed by atoms with Crippen molar-refractivity contribution in [2.45, 2.75) is 12.8 Å². The molecule has 0 aliphatic rings. The summed E-state index contributed by atoms with van der Waals surface area (Å²) in [6.07, 6.45) is -4.45. The first-order valence-electron chi connectivity index (χ1n) is 4.74. The smallest absolute Gasteiger partial charge is 0.419 e. The van der Waals surface area contributed by atoms with Crippen LogP contribution in [0.3, 0.4) is 0 Å². The van der Waals surface area contributed by atoms with Crippen LogP contribution in [0.25, 0.3) is 0 Å². The van der Waals surface area contributed by atoms with Crippen LogP contribution < -0.4 is 4.74 Å². The van der Waals surface area contributed by atoms with Gasteiger partial charge in [0.2, 0.25) is 4.47 Å². The third-order valence-electron chi connectivity index (χ3n) is 1.99. The van der Waals surface area contributed by atoms with Gasteiger partial charge in [-0.1, -0.05) is 23.5 Å². The molecule has 96 valence electrons. The molecule has 2 rings (SSSR count). The van der Waals surface area contributed by atoms with Crippen molar-refractivity contribution in [3.8, 4) is 5.75 Å². The zero-order valence-corrected chi connectivity index (χ0v) is 10.3. The van der Waals surface area contributed by atoms with Gasteiger partial charge in [-0.05, 0) is 23.7 Å². The topological polar surface area (TPSA) is 35.0 Å². The van der Waals surface area contributed by atoms with Gasteiger partial charge in [0.15, 0.2) is 5.01 Å². The molecule has 0 bridgehead atoms. The Morgan fingerprint density at radius 1 is 1.22 bits per heavy atom. The molecule has 0 fully saturated rings. The van der Waals surface area contributed by atoms with Gasteiger partial charge in [-0.25, -0.2) is 0 Å². The predicted octanol–water partition coefficient (Wildman–Crippen LogP) is 3.79. The Kier molecular flexibility index (Phi) is 3.72. The average Bonchev–Trinajstić information content (AvgIpc) is 2.72. The van der Waals surface area contributed by atoms with Crippen LogP contribution in [0.2, 0.25) is 4.47 Å². The minimum Gasteiger partial charge on any atom is -0.486 e. The van der Waals surface area contributed by atoms with E-state index in [0.29, 0.717) is 5.01 Å². The standard InChI is InChI=1S/C10H6ClF3N2OS/c11-9-16-15-8(18-9)5-17-7-4-2-1-3-6(7)10(12,13)14/h1-4H,5H2. The van der Waals surface area contributed by atoms with Crippen molar-refractivity contribution in [2.75, 3.05) is 0 Å². The molecule has 0 unspecified atom stereocenters. The van der Waals surface area contributed by atoms with Gasteiger partial charge in [-0.3, -0.25) is 0 Å². The zero-order chi connectivity index (χ0) is 13.2. The number of ether oxygens (including phenoxy) is 1. The highest BCUT2D eigenvalue weighted by molar-refractivity contribution is 7.15. The Bertz CT molecular complexity index is 544. The van der Waals surface area contributed by atoms with Gasteiger partial charge in [0.05, 0.1) is 5.56 Å². The fourth-order valence-corrected chi connectivity index (χ4v) is 2.04. The maximum atomic E-state index is 12.7. The monoisotopic (exact) mass is 294 g/mol. The molecular weight excluding hydrogens is 289 g/mol. The largest absolute Gasteiger partial charge is 0.486 e. The molecule has 0 atom stereocenters. The molecule has 0 amide bonds. The predicted molar refractivity (Wildman–Crippen MR) is 60.7 cm³/mol. The Labute approximate surface area is 109 Å². The second-order valence-electron chi connectivity index (χ2n) is 3.23. The molecule has 0 radical (unpaired) electrons. The summed E-state index contributed by atoms with van der Waals surface area (Å²) in [7, 11) is 0. The summed E-state index contributed by atoms with van der Waals surface area (Å²) in [6, 6.07) is 4.99. The Hall–Kier alpha value is -1.34. The Morgan fingerprint density at radius 3 is 2.56 bits per heavy atom. The van der Waals surface area contributed by atoms with Crippen LogP contribution in [0, 0.1) is 0 Å². The Morgan fingerprint density at radius 2 is 1.94 bits per heavy atom. The SMILES string of the molecule is FC(F)(F)c1ccccc1OCc1nnc(Cl)s1. The van der Waals surface area contributed by atoms with E-state index in [9.17, 15) is 13.2 Å². The summed E-state index contributed by atoms with van der Waals surface area (Å²) in [4.78, 5) is 0. The summed E-state index contributed by atoms with van der Waals surface area (Å²) in [5, 5.41) is 7.60. The van der Waals surface area contributed by atoms with E-state index < -0.39 is 11.7 Å². The van der Waals surface area contributed by atoms with Crippen LogP contribution in [-0.4, -0.2) is 10.2 Å². The van der Waals surface area contributed by atoms with Crippen LogP contribution >= 0.6 is 22.9 Å². The van der Waals surface area contributed by atoms with Crippen molar-refractivity contribution in [1.29, 1.82) is 0 Å². The van der Waals surface area contributed by atoms with E-state index in [1.807, 2.05) is 0 Å². The molecule has 0 aliphatic heterocycles.